The minimum atomic E-state index is 0.411. The molecule has 0 aliphatic carbocycles. The molecular weight excluding hydrogens is 232 g/mol. The van der Waals surface area contributed by atoms with E-state index in [2.05, 4.69) is 72.5 Å². The molecule has 0 spiro atoms. The number of rotatable bonds is 8. The van der Waals surface area contributed by atoms with E-state index in [-0.39, 0.29) is 0 Å². The molecule has 0 saturated heterocycles. The standard InChI is InChI=1S/C17H38N2/c1-15(16(2,3)4)14-19(9)13-11-17(5,6)10-12-18(7)8/h15H,10-14H2,1-9H3. The minimum absolute atomic E-state index is 0.411. The van der Waals surface area contributed by atoms with E-state index in [4.69, 9.17) is 0 Å². The van der Waals surface area contributed by atoms with Crippen molar-refractivity contribution in [1.29, 1.82) is 0 Å². The van der Waals surface area contributed by atoms with Crippen LogP contribution < -0.4 is 0 Å². The van der Waals surface area contributed by atoms with E-state index in [1.165, 1.54) is 32.5 Å². The van der Waals surface area contributed by atoms with Crippen LogP contribution in [0.2, 0.25) is 0 Å². The van der Waals surface area contributed by atoms with Crippen molar-refractivity contribution in [1.82, 2.24) is 9.80 Å². The quantitative estimate of drug-likeness (QED) is 0.658. The highest BCUT2D eigenvalue weighted by Crippen LogP contribution is 2.28. The van der Waals surface area contributed by atoms with Gasteiger partial charge in [0, 0.05) is 6.54 Å². The van der Waals surface area contributed by atoms with Crippen LogP contribution in [0.25, 0.3) is 0 Å². The summed E-state index contributed by atoms with van der Waals surface area (Å²) in [7, 11) is 6.59. The zero-order chi connectivity index (χ0) is 15.3. The average Bonchev–Trinajstić information content (AvgIpc) is 2.23. The first-order valence-corrected chi connectivity index (χ1v) is 7.77. The van der Waals surface area contributed by atoms with Gasteiger partial charge in [0.15, 0.2) is 0 Å². The van der Waals surface area contributed by atoms with Gasteiger partial charge in [0.05, 0.1) is 0 Å². The van der Waals surface area contributed by atoms with Crippen molar-refractivity contribution in [3.05, 3.63) is 0 Å². The fourth-order valence-corrected chi connectivity index (χ4v) is 1.98. The summed E-state index contributed by atoms with van der Waals surface area (Å²) in [4.78, 5) is 4.79. The van der Waals surface area contributed by atoms with Crippen molar-refractivity contribution in [2.24, 2.45) is 16.7 Å². The molecule has 0 bridgehead atoms. The van der Waals surface area contributed by atoms with E-state index in [1.54, 1.807) is 0 Å². The van der Waals surface area contributed by atoms with Gasteiger partial charge in [-0.05, 0) is 63.8 Å². The van der Waals surface area contributed by atoms with E-state index in [0.29, 0.717) is 10.8 Å². The van der Waals surface area contributed by atoms with Crippen molar-refractivity contribution in [2.45, 2.75) is 54.4 Å². The molecule has 0 aromatic heterocycles. The van der Waals surface area contributed by atoms with Gasteiger partial charge in [0.1, 0.15) is 0 Å². The van der Waals surface area contributed by atoms with Crippen LogP contribution in [0.5, 0.6) is 0 Å². The van der Waals surface area contributed by atoms with Gasteiger partial charge in [-0.15, -0.1) is 0 Å². The first-order valence-electron chi connectivity index (χ1n) is 7.77. The summed E-state index contributed by atoms with van der Waals surface area (Å²) in [6, 6.07) is 0. The van der Waals surface area contributed by atoms with Crippen LogP contribution in [0.15, 0.2) is 0 Å². The Kier molecular flexibility index (Phi) is 7.60. The summed E-state index contributed by atoms with van der Waals surface area (Å²) in [6.07, 6.45) is 2.57. The number of nitrogens with zero attached hydrogens (tertiary/aromatic N) is 2. The molecule has 0 radical (unpaired) electrons. The molecule has 19 heavy (non-hydrogen) atoms. The summed E-state index contributed by atoms with van der Waals surface area (Å²) < 4.78 is 0. The van der Waals surface area contributed by atoms with Crippen molar-refractivity contribution in [3.8, 4) is 0 Å². The van der Waals surface area contributed by atoms with Gasteiger partial charge in [-0.25, -0.2) is 0 Å². The maximum absolute atomic E-state index is 2.51. The number of hydrogen-bond donors (Lipinski definition) is 0. The van der Waals surface area contributed by atoms with Crippen molar-refractivity contribution in [3.63, 3.8) is 0 Å². The molecule has 2 heteroatoms. The first kappa shape index (κ1) is 18.9. The molecule has 0 aromatic rings. The van der Waals surface area contributed by atoms with Gasteiger partial charge in [-0.1, -0.05) is 41.5 Å². The normalized spacial score (nSPS) is 15.3. The molecule has 0 aliphatic rings. The lowest BCUT2D eigenvalue weighted by atomic mass is 9.81. The van der Waals surface area contributed by atoms with Gasteiger partial charge < -0.3 is 9.80 Å². The summed E-state index contributed by atoms with van der Waals surface area (Å²) in [6.45, 7) is 17.8. The molecule has 116 valence electrons. The molecule has 0 aromatic carbocycles. The van der Waals surface area contributed by atoms with E-state index >= 15 is 0 Å². The Bertz CT molecular complexity index is 238. The molecule has 2 nitrogen and oxygen atoms in total. The molecule has 0 saturated carbocycles. The maximum atomic E-state index is 2.51. The molecule has 1 atom stereocenters. The highest BCUT2D eigenvalue weighted by Gasteiger charge is 2.23. The monoisotopic (exact) mass is 270 g/mol. The zero-order valence-corrected chi connectivity index (χ0v) is 15.0. The van der Waals surface area contributed by atoms with Crippen LogP contribution in [-0.4, -0.2) is 50.6 Å². The second kappa shape index (κ2) is 7.64. The molecule has 0 heterocycles. The van der Waals surface area contributed by atoms with E-state index in [0.717, 1.165) is 5.92 Å². The molecule has 0 aliphatic heterocycles. The molecule has 0 fully saturated rings. The van der Waals surface area contributed by atoms with Gasteiger partial charge in [-0.2, -0.15) is 0 Å². The SMILES string of the molecule is CC(CN(C)CCC(C)(C)CCN(C)C)C(C)(C)C. The fraction of sp³-hybridized carbons (Fsp3) is 1.00. The van der Waals surface area contributed by atoms with Crippen LogP contribution in [0.1, 0.15) is 54.4 Å². The summed E-state index contributed by atoms with van der Waals surface area (Å²) >= 11 is 0. The van der Waals surface area contributed by atoms with Crippen LogP contribution in [0, 0.1) is 16.7 Å². The Balaban J connectivity index is 4.04. The van der Waals surface area contributed by atoms with Crippen LogP contribution in [0.3, 0.4) is 0 Å². The first-order chi connectivity index (χ1) is 8.44. The van der Waals surface area contributed by atoms with Crippen molar-refractivity contribution < 1.29 is 0 Å². The third-order valence-corrected chi connectivity index (χ3v) is 4.47. The fourth-order valence-electron chi connectivity index (χ4n) is 1.98. The van der Waals surface area contributed by atoms with Gasteiger partial charge in [-0.3, -0.25) is 0 Å². The Hall–Kier alpha value is -0.0800. The minimum Gasteiger partial charge on any atom is -0.309 e. The lowest BCUT2D eigenvalue weighted by Gasteiger charge is -2.33. The third kappa shape index (κ3) is 9.45. The predicted molar refractivity (Wildman–Crippen MR) is 87.7 cm³/mol. The lowest BCUT2D eigenvalue weighted by molar-refractivity contribution is 0.160. The molecule has 1 unspecified atom stereocenters. The van der Waals surface area contributed by atoms with Crippen molar-refractivity contribution >= 4 is 0 Å². The predicted octanol–water partition coefficient (Wildman–Crippen LogP) is 3.97. The van der Waals surface area contributed by atoms with E-state index in [9.17, 15) is 0 Å². The van der Waals surface area contributed by atoms with Gasteiger partial charge in [0.25, 0.3) is 0 Å². The molecule has 0 N–H and O–H groups in total. The topological polar surface area (TPSA) is 6.48 Å². The van der Waals surface area contributed by atoms with Crippen LogP contribution in [-0.2, 0) is 0 Å². The molecule has 0 amide bonds. The molecular formula is C17H38N2. The Labute approximate surface area is 122 Å². The van der Waals surface area contributed by atoms with E-state index in [1.807, 2.05) is 0 Å². The van der Waals surface area contributed by atoms with Crippen molar-refractivity contribution in [2.75, 3.05) is 40.8 Å². The van der Waals surface area contributed by atoms with Gasteiger partial charge >= 0.3 is 0 Å². The summed E-state index contributed by atoms with van der Waals surface area (Å²) in [5.74, 6) is 0.738. The van der Waals surface area contributed by atoms with Crippen LogP contribution >= 0.6 is 0 Å². The summed E-state index contributed by atoms with van der Waals surface area (Å²) in [5.41, 5.74) is 0.859. The Morgan fingerprint density at radius 2 is 1.32 bits per heavy atom. The average molecular weight is 271 g/mol. The second-order valence-corrected chi connectivity index (χ2v) is 8.50. The number of hydrogen-bond acceptors (Lipinski definition) is 2. The van der Waals surface area contributed by atoms with E-state index < -0.39 is 0 Å². The Morgan fingerprint density at radius 1 is 0.842 bits per heavy atom. The zero-order valence-electron chi connectivity index (χ0n) is 15.0. The highest BCUT2D eigenvalue weighted by atomic mass is 15.1. The highest BCUT2D eigenvalue weighted by molar-refractivity contribution is 4.75. The largest absolute Gasteiger partial charge is 0.309 e. The molecule has 0 rings (SSSR count). The third-order valence-electron chi connectivity index (χ3n) is 4.47. The van der Waals surface area contributed by atoms with Crippen LogP contribution in [0.4, 0.5) is 0 Å². The second-order valence-electron chi connectivity index (χ2n) is 8.50. The lowest BCUT2D eigenvalue weighted by Crippen LogP contribution is -2.34. The summed E-state index contributed by atoms with van der Waals surface area (Å²) in [5, 5.41) is 0. The maximum Gasteiger partial charge on any atom is 0.000897 e. The smallest absolute Gasteiger partial charge is 0.000897 e. The van der Waals surface area contributed by atoms with Gasteiger partial charge in [0.2, 0.25) is 0 Å². The Morgan fingerprint density at radius 3 is 1.74 bits per heavy atom.